The van der Waals surface area contributed by atoms with E-state index in [1.807, 2.05) is 37.3 Å². The molecular weight excluding hydrogens is 188 g/mol. The molecular formula is C12H12N2O. The van der Waals surface area contributed by atoms with Crippen molar-refractivity contribution in [3.63, 3.8) is 0 Å². The third-order valence-electron chi connectivity index (χ3n) is 2.20. The Bertz CT molecular complexity index is 425. The monoisotopic (exact) mass is 200 g/mol. The summed E-state index contributed by atoms with van der Waals surface area (Å²) in [5.74, 6) is 0. The number of aliphatic hydroxyl groups is 1. The summed E-state index contributed by atoms with van der Waals surface area (Å²) in [6.45, 7) is 1.87. The van der Waals surface area contributed by atoms with Gasteiger partial charge in [-0.2, -0.15) is 0 Å². The number of aliphatic hydroxyl groups excluding tert-OH is 1. The molecule has 1 aromatic carbocycles. The summed E-state index contributed by atoms with van der Waals surface area (Å²) in [5, 5.41) is 9.98. The van der Waals surface area contributed by atoms with Crippen molar-refractivity contribution in [1.29, 1.82) is 0 Å². The highest BCUT2D eigenvalue weighted by molar-refractivity contribution is 5.24. The molecule has 0 radical (unpaired) electrons. The van der Waals surface area contributed by atoms with Gasteiger partial charge in [-0.1, -0.05) is 30.3 Å². The average molecular weight is 200 g/mol. The average Bonchev–Trinajstić information content (AvgIpc) is 2.30. The van der Waals surface area contributed by atoms with E-state index in [1.165, 1.54) is 0 Å². The number of aromatic nitrogens is 2. The van der Waals surface area contributed by atoms with Gasteiger partial charge >= 0.3 is 0 Å². The summed E-state index contributed by atoms with van der Waals surface area (Å²) in [6, 6.07) is 9.43. The van der Waals surface area contributed by atoms with E-state index < -0.39 is 6.10 Å². The van der Waals surface area contributed by atoms with E-state index in [-0.39, 0.29) is 0 Å². The number of aryl methyl sites for hydroxylation is 1. The zero-order valence-corrected chi connectivity index (χ0v) is 8.46. The highest BCUT2D eigenvalue weighted by Crippen LogP contribution is 2.18. The topological polar surface area (TPSA) is 46.0 Å². The first-order valence-electron chi connectivity index (χ1n) is 4.79. The summed E-state index contributed by atoms with van der Waals surface area (Å²) in [7, 11) is 0. The van der Waals surface area contributed by atoms with Gasteiger partial charge in [0.25, 0.3) is 0 Å². The fourth-order valence-corrected chi connectivity index (χ4v) is 1.35. The molecule has 3 heteroatoms. The van der Waals surface area contributed by atoms with Crippen LogP contribution in [0, 0.1) is 6.92 Å². The van der Waals surface area contributed by atoms with Crippen molar-refractivity contribution in [3.8, 4) is 0 Å². The Kier molecular flexibility index (Phi) is 2.74. The second-order valence-corrected chi connectivity index (χ2v) is 3.40. The maximum atomic E-state index is 9.98. The van der Waals surface area contributed by atoms with Gasteiger partial charge in [-0.25, -0.2) is 0 Å². The molecule has 1 unspecified atom stereocenters. The minimum Gasteiger partial charge on any atom is -0.382 e. The van der Waals surface area contributed by atoms with Gasteiger partial charge in [-0.15, -0.1) is 0 Å². The van der Waals surface area contributed by atoms with Crippen LogP contribution in [0.1, 0.15) is 23.1 Å². The molecule has 76 valence electrons. The Labute approximate surface area is 88.5 Å². The van der Waals surface area contributed by atoms with Crippen molar-refractivity contribution in [3.05, 3.63) is 59.7 Å². The predicted molar refractivity (Wildman–Crippen MR) is 57.3 cm³/mol. The van der Waals surface area contributed by atoms with Gasteiger partial charge in [-0.05, 0) is 12.5 Å². The van der Waals surface area contributed by atoms with E-state index in [1.54, 1.807) is 12.4 Å². The molecule has 0 saturated heterocycles. The summed E-state index contributed by atoms with van der Waals surface area (Å²) in [5.41, 5.74) is 2.25. The Hall–Kier alpha value is -1.74. The van der Waals surface area contributed by atoms with Gasteiger partial charge in [0, 0.05) is 6.20 Å². The Morgan fingerprint density at radius 1 is 1.07 bits per heavy atom. The van der Waals surface area contributed by atoms with Crippen LogP contribution in [0.2, 0.25) is 0 Å². The smallest absolute Gasteiger partial charge is 0.123 e. The Morgan fingerprint density at radius 2 is 1.80 bits per heavy atom. The first kappa shape index (κ1) is 9.80. The van der Waals surface area contributed by atoms with Gasteiger partial charge in [-0.3, -0.25) is 9.97 Å². The molecule has 1 atom stereocenters. The Balaban J connectivity index is 2.29. The van der Waals surface area contributed by atoms with Crippen LogP contribution in [0.3, 0.4) is 0 Å². The Morgan fingerprint density at radius 3 is 2.40 bits per heavy atom. The van der Waals surface area contributed by atoms with Crippen molar-refractivity contribution >= 4 is 0 Å². The van der Waals surface area contributed by atoms with E-state index in [2.05, 4.69) is 9.97 Å². The third kappa shape index (κ3) is 2.19. The molecule has 0 aliphatic rings. The second kappa shape index (κ2) is 4.19. The zero-order chi connectivity index (χ0) is 10.7. The van der Waals surface area contributed by atoms with Gasteiger partial charge in [0.1, 0.15) is 6.10 Å². The van der Waals surface area contributed by atoms with Crippen molar-refractivity contribution in [2.45, 2.75) is 13.0 Å². The lowest BCUT2D eigenvalue weighted by atomic mass is 10.1. The van der Waals surface area contributed by atoms with E-state index in [9.17, 15) is 5.11 Å². The van der Waals surface area contributed by atoms with Gasteiger partial charge in [0.05, 0.1) is 17.6 Å². The van der Waals surface area contributed by atoms with E-state index >= 15 is 0 Å². The molecule has 0 bridgehead atoms. The van der Waals surface area contributed by atoms with Gasteiger partial charge in [0.2, 0.25) is 0 Å². The summed E-state index contributed by atoms with van der Waals surface area (Å²) >= 11 is 0. The van der Waals surface area contributed by atoms with E-state index in [0.29, 0.717) is 5.69 Å². The van der Waals surface area contributed by atoms with Crippen LogP contribution in [-0.2, 0) is 0 Å². The molecule has 2 rings (SSSR count). The largest absolute Gasteiger partial charge is 0.382 e. The molecule has 0 amide bonds. The van der Waals surface area contributed by atoms with Crippen LogP contribution in [0.4, 0.5) is 0 Å². The zero-order valence-electron chi connectivity index (χ0n) is 8.46. The molecule has 0 saturated carbocycles. The van der Waals surface area contributed by atoms with Crippen molar-refractivity contribution in [1.82, 2.24) is 9.97 Å². The maximum Gasteiger partial charge on any atom is 0.123 e. The highest BCUT2D eigenvalue weighted by atomic mass is 16.3. The minimum atomic E-state index is -0.695. The SMILES string of the molecule is Cc1cnc(C(O)c2ccccc2)cn1. The molecule has 1 aromatic heterocycles. The number of hydrogen-bond acceptors (Lipinski definition) is 3. The number of rotatable bonds is 2. The quantitative estimate of drug-likeness (QED) is 0.804. The lowest BCUT2D eigenvalue weighted by Gasteiger charge is -2.09. The predicted octanol–water partition coefficient (Wildman–Crippen LogP) is 1.87. The molecule has 3 nitrogen and oxygen atoms in total. The first-order chi connectivity index (χ1) is 7.27. The number of benzene rings is 1. The molecule has 1 heterocycles. The number of hydrogen-bond donors (Lipinski definition) is 1. The maximum absolute atomic E-state index is 9.98. The van der Waals surface area contributed by atoms with Crippen LogP contribution < -0.4 is 0 Å². The standard InChI is InChI=1S/C12H12N2O/c1-9-7-14-11(8-13-9)12(15)10-5-3-2-4-6-10/h2-8,12,15H,1H3. The summed E-state index contributed by atoms with van der Waals surface area (Å²) < 4.78 is 0. The van der Waals surface area contributed by atoms with Crippen LogP contribution in [0.25, 0.3) is 0 Å². The summed E-state index contributed by atoms with van der Waals surface area (Å²) in [6.07, 6.45) is 2.56. The van der Waals surface area contributed by atoms with E-state index in [4.69, 9.17) is 0 Å². The lowest BCUT2D eigenvalue weighted by Crippen LogP contribution is -2.03. The molecule has 1 N–H and O–H groups in total. The lowest BCUT2D eigenvalue weighted by molar-refractivity contribution is 0.215. The highest BCUT2D eigenvalue weighted by Gasteiger charge is 2.10. The normalized spacial score (nSPS) is 12.4. The van der Waals surface area contributed by atoms with Crippen molar-refractivity contribution < 1.29 is 5.11 Å². The minimum absolute atomic E-state index is 0.576. The third-order valence-corrected chi connectivity index (χ3v) is 2.20. The van der Waals surface area contributed by atoms with Crippen LogP contribution in [0.5, 0.6) is 0 Å². The van der Waals surface area contributed by atoms with Gasteiger partial charge < -0.3 is 5.11 Å². The number of nitrogens with zero attached hydrogens (tertiary/aromatic N) is 2. The fourth-order valence-electron chi connectivity index (χ4n) is 1.35. The van der Waals surface area contributed by atoms with Gasteiger partial charge in [0.15, 0.2) is 0 Å². The van der Waals surface area contributed by atoms with Crippen molar-refractivity contribution in [2.75, 3.05) is 0 Å². The molecule has 0 aliphatic carbocycles. The van der Waals surface area contributed by atoms with E-state index in [0.717, 1.165) is 11.3 Å². The summed E-state index contributed by atoms with van der Waals surface area (Å²) in [4.78, 5) is 8.25. The first-order valence-corrected chi connectivity index (χ1v) is 4.79. The van der Waals surface area contributed by atoms with Crippen LogP contribution >= 0.6 is 0 Å². The molecule has 0 spiro atoms. The van der Waals surface area contributed by atoms with Crippen LogP contribution in [0.15, 0.2) is 42.7 Å². The fraction of sp³-hybridized carbons (Fsp3) is 0.167. The van der Waals surface area contributed by atoms with Crippen LogP contribution in [-0.4, -0.2) is 15.1 Å². The van der Waals surface area contributed by atoms with Crippen molar-refractivity contribution in [2.24, 2.45) is 0 Å². The molecule has 0 aliphatic heterocycles. The second-order valence-electron chi connectivity index (χ2n) is 3.40. The molecule has 2 aromatic rings. The molecule has 0 fully saturated rings. The molecule has 15 heavy (non-hydrogen) atoms.